The van der Waals surface area contributed by atoms with Gasteiger partial charge in [0.15, 0.2) is 0 Å². The molecule has 1 aromatic carbocycles. The second-order valence-corrected chi connectivity index (χ2v) is 4.52. The van der Waals surface area contributed by atoms with Gasteiger partial charge in [0.05, 0.1) is 18.2 Å². The number of hydrogen-bond acceptors (Lipinski definition) is 3. The Balaban J connectivity index is 3.09. The van der Waals surface area contributed by atoms with E-state index in [-0.39, 0.29) is 6.04 Å². The molecule has 0 amide bonds. The highest BCUT2D eigenvalue weighted by molar-refractivity contribution is 6.32. The molecule has 0 bridgehead atoms. The lowest BCUT2D eigenvalue weighted by molar-refractivity contribution is 0.184. The summed E-state index contributed by atoms with van der Waals surface area (Å²) in [6.07, 6.45) is 0.743. The highest BCUT2D eigenvalue weighted by Gasteiger charge is 2.12. The summed E-state index contributed by atoms with van der Waals surface area (Å²) in [6.45, 7) is 5.04. The molecule has 3 nitrogen and oxygen atoms in total. The van der Waals surface area contributed by atoms with Crippen LogP contribution in [0.25, 0.3) is 0 Å². The Labute approximate surface area is 108 Å². The number of rotatable bonds is 6. The van der Waals surface area contributed by atoms with E-state index < -0.39 is 0 Å². The van der Waals surface area contributed by atoms with Crippen LogP contribution in [-0.4, -0.2) is 19.8 Å². The average molecular weight is 258 g/mol. The van der Waals surface area contributed by atoms with Gasteiger partial charge < -0.3 is 15.2 Å². The van der Waals surface area contributed by atoms with Crippen molar-refractivity contribution in [1.29, 1.82) is 0 Å². The van der Waals surface area contributed by atoms with Crippen LogP contribution in [0.4, 0.5) is 0 Å². The SMILES string of the molecule is CCOc1c(Cl)cc(COC)cc1CC(C)N. The average Bonchev–Trinajstić information content (AvgIpc) is 2.23. The molecule has 0 saturated carbocycles. The molecule has 0 aliphatic carbocycles. The third-order valence-corrected chi connectivity index (χ3v) is 2.60. The number of benzene rings is 1. The molecule has 1 rings (SSSR count). The quantitative estimate of drug-likeness (QED) is 0.852. The highest BCUT2D eigenvalue weighted by Crippen LogP contribution is 2.31. The maximum absolute atomic E-state index is 6.21. The van der Waals surface area contributed by atoms with Crippen molar-refractivity contribution in [2.45, 2.75) is 32.9 Å². The predicted octanol–water partition coefficient (Wildman–Crippen LogP) is 2.77. The molecule has 4 heteroatoms. The molecule has 0 heterocycles. The van der Waals surface area contributed by atoms with Gasteiger partial charge in [-0.15, -0.1) is 0 Å². The van der Waals surface area contributed by atoms with Crippen molar-refractivity contribution in [3.05, 3.63) is 28.3 Å². The smallest absolute Gasteiger partial charge is 0.141 e. The van der Waals surface area contributed by atoms with Gasteiger partial charge in [-0.25, -0.2) is 0 Å². The van der Waals surface area contributed by atoms with Crippen LogP contribution in [0.5, 0.6) is 5.75 Å². The molecule has 1 aromatic rings. The molecule has 0 fully saturated rings. The van der Waals surface area contributed by atoms with Crippen molar-refractivity contribution >= 4 is 11.6 Å². The van der Waals surface area contributed by atoms with Gasteiger partial charge in [0.2, 0.25) is 0 Å². The molecule has 0 aromatic heterocycles. The first-order valence-electron chi connectivity index (χ1n) is 5.77. The van der Waals surface area contributed by atoms with E-state index in [0.717, 1.165) is 23.3 Å². The molecular weight excluding hydrogens is 238 g/mol. The Morgan fingerprint density at radius 1 is 1.41 bits per heavy atom. The van der Waals surface area contributed by atoms with Crippen LogP contribution in [-0.2, 0) is 17.8 Å². The van der Waals surface area contributed by atoms with Gasteiger partial charge in [0.1, 0.15) is 5.75 Å². The van der Waals surface area contributed by atoms with Gasteiger partial charge in [-0.05, 0) is 43.5 Å². The molecule has 96 valence electrons. The summed E-state index contributed by atoms with van der Waals surface area (Å²) in [7, 11) is 1.66. The second-order valence-electron chi connectivity index (χ2n) is 4.11. The summed E-state index contributed by atoms with van der Waals surface area (Å²) >= 11 is 6.21. The minimum absolute atomic E-state index is 0.0723. The Hall–Kier alpha value is -0.770. The first kappa shape index (κ1) is 14.3. The Morgan fingerprint density at radius 2 is 2.12 bits per heavy atom. The van der Waals surface area contributed by atoms with Crippen LogP contribution in [0.1, 0.15) is 25.0 Å². The van der Waals surface area contributed by atoms with Crippen molar-refractivity contribution in [2.75, 3.05) is 13.7 Å². The second kappa shape index (κ2) is 6.84. The van der Waals surface area contributed by atoms with Crippen molar-refractivity contribution in [3.8, 4) is 5.75 Å². The number of methoxy groups -OCH3 is 1. The minimum Gasteiger partial charge on any atom is -0.492 e. The van der Waals surface area contributed by atoms with Gasteiger partial charge in [0, 0.05) is 13.2 Å². The third-order valence-electron chi connectivity index (χ3n) is 2.32. The van der Waals surface area contributed by atoms with Crippen molar-refractivity contribution in [1.82, 2.24) is 0 Å². The van der Waals surface area contributed by atoms with Gasteiger partial charge in [-0.2, -0.15) is 0 Å². The van der Waals surface area contributed by atoms with E-state index in [1.165, 1.54) is 0 Å². The largest absolute Gasteiger partial charge is 0.492 e. The third kappa shape index (κ3) is 4.19. The molecule has 17 heavy (non-hydrogen) atoms. The van der Waals surface area contributed by atoms with Gasteiger partial charge >= 0.3 is 0 Å². The fraction of sp³-hybridized carbons (Fsp3) is 0.538. The Bertz CT molecular complexity index is 367. The lowest BCUT2D eigenvalue weighted by Crippen LogP contribution is -2.18. The van der Waals surface area contributed by atoms with E-state index in [0.29, 0.717) is 18.2 Å². The molecule has 1 unspecified atom stereocenters. The first-order chi connectivity index (χ1) is 8.08. The maximum atomic E-state index is 6.21. The summed E-state index contributed by atoms with van der Waals surface area (Å²) < 4.78 is 10.7. The molecule has 0 aliphatic heterocycles. The zero-order chi connectivity index (χ0) is 12.8. The standard InChI is InChI=1S/C13H20ClNO2/c1-4-17-13-11(5-9(2)15)6-10(8-16-3)7-12(13)14/h6-7,9H,4-5,8,15H2,1-3H3. The fourth-order valence-electron chi connectivity index (χ4n) is 1.77. The predicted molar refractivity (Wildman–Crippen MR) is 70.7 cm³/mol. The van der Waals surface area contributed by atoms with Crippen molar-refractivity contribution in [3.63, 3.8) is 0 Å². The number of hydrogen-bond donors (Lipinski definition) is 1. The van der Waals surface area contributed by atoms with Crippen LogP contribution >= 0.6 is 11.6 Å². The van der Waals surface area contributed by atoms with E-state index >= 15 is 0 Å². The summed E-state index contributed by atoms with van der Waals surface area (Å²) in [5.41, 5.74) is 7.92. The van der Waals surface area contributed by atoms with Gasteiger partial charge in [0.25, 0.3) is 0 Å². The zero-order valence-electron chi connectivity index (χ0n) is 10.6. The Morgan fingerprint density at radius 3 is 2.65 bits per heavy atom. The summed E-state index contributed by atoms with van der Waals surface area (Å²) in [5.74, 6) is 0.742. The van der Waals surface area contributed by atoms with Crippen LogP contribution < -0.4 is 10.5 Å². The Kier molecular flexibility index (Phi) is 5.75. The molecule has 1 atom stereocenters. The molecule has 0 saturated heterocycles. The van der Waals surface area contributed by atoms with E-state index in [1.54, 1.807) is 7.11 Å². The van der Waals surface area contributed by atoms with Crippen LogP contribution in [0.2, 0.25) is 5.02 Å². The van der Waals surface area contributed by atoms with Crippen molar-refractivity contribution < 1.29 is 9.47 Å². The topological polar surface area (TPSA) is 44.5 Å². The lowest BCUT2D eigenvalue weighted by Gasteiger charge is -2.15. The van der Waals surface area contributed by atoms with Crippen LogP contribution in [0.3, 0.4) is 0 Å². The zero-order valence-corrected chi connectivity index (χ0v) is 11.4. The van der Waals surface area contributed by atoms with Gasteiger partial charge in [-0.3, -0.25) is 0 Å². The summed E-state index contributed by atoms with van der Waals surface area (Å²) in [4.78, 5) is 0. The van der Waals surface area contributed by atoms with E-state index in [9.17, 15) is 0 Å². The van der Waals surface area contributed by atoms with E-state index in [1.807, 2.05) is 26.0 Å². The summed E-state index contributed by atoms with van der Waals surface area (Å²) in [5, 5.41) is 0.622. The van der Waals surface area contributed by atoms with Gasteiger partial charge in [-0.1, -0.05) is 11.6 Å². The molecule has 2 N–H and O–H groups in total. The number of nitrogens with two attached hydrogens (primary N) is 1. The molecule has 0 spiro atoms. The van der Waals surface area contributed by atoms with Crippen molar-refractivity contribution in [2.24, 2.45) is 5.73 Å². The van der Waals surface area contributed by atoms with Crippen LogP contribution in [0, 0.1) is 0 Å². The van der Waals surface area contributed by atoms with E-state index in [4.69, 9.17) is 26.8 Å². The normalized spacial score (nSPS) is 12.5. The van der Waals surface area contributed by atoms with E-state index in [2.05, 4.69) is 0 Å². The molecular formula is C13H20ClNO2. The maximum Gasteiger partial charge on any atom is 0.141 e. The first-order valence-corrected chi connectivity index (χ1v) is 6.14. The molecule has 0 radical (unpaired) electrons. The highest BCUT2D eigenvalue weighted by atomic mass is 35.5. The number of ether oxygens (including phenoxy) is 2. The number of halogens is 1. The minimum atomic E-state index is 0.0723. The monoisotopic (exact) mass is 257 g/mol. The summed E-state index contributed by atoms with van der Waals surface area (Å²) in [6, 6.07) is 3.99. The molecule has 0 aliphatic rings. The fourth-order valence-corrected chi connectivity index (χ4v) is 2.08. The lowest BCUT2D eigenvalue weighted by atomic mass is 10.0. The van der Waals surface area contributed by atoms with Crippen LogP contribution in [0.15, 0.2) is 12.1 Å².